The number of hydrogen-bond donors (Lipinski definition) is 2. The van der Waals surface area contributed by atoms with E-state index in [0.717, 1.165) is 17.0 Å². The molecule has 0 atom stereocenters. The third kappa shape index (κ3) is 4.49. The summed E-state index contributed by atoms with van der Waals surface area (Å²) in [5.74, 6) is -1.50. The van der Waals surface area contributed by atoms with Crippen LogP contribution in [0.25, 0.3) is 0 Å². The van der Waals surface area contributed by atoms with E-state index in [1.807, 2.05) is 13.8 Å². The maximum Gasteiger partial charge on any atom is 0.329 e. The molecule has 17 heavy (non-hydrogen) atoms. The monoisotopic (exact) mass is 258 g/mol. The molecule has 1 heterocycles. The molecular weight excluding hydrogens is 244 g/mol. The van der Waals surface area contributed by atoms with Crippen molar-refractivity contribution < 1.29 is 19.4 Å². The van der Waals surface area contributed by atoms with Crippen molar-refractivity contribution in [3.8, 4) is 0 Å². The van der Waals surface area contributed by atoms with Crippen LogP contribution in [0.1, 0.15) is 17.5 Å². The largest absolute Gasteiger partial charge is 0.480 e. The number of nitrogens with zero attached hydrogens (tertiary/aromatic N) is 1. The van der Waals surface area contributed by atoms with E-state index in [-0.39, 0.29) is 6.61 Å². The average Bonchev–Trinajstić information content (AvgIpc) is 2.58. The Labute approximate surface area is 103 Å². The number of ether oxygens (including phenoxy) is 1. The number of carbonyl (C=O) groups is 2. The van der Waals surface area contributed by atoms with Gasteiger partial charge in [0.2, 0.25) is 0 Å². The van der Waals surface area contributed by atoms with Gasteiger partial charge in [0, 0.05) is 4.88 Å². The van der Waals surface area contributed by atoms with Gasteiger partial charge in [-0.25, -0.2) is 9.78 Å². The number of carbonyl (C=O) groups excluding carboxylic acids is 1. The molecule has 0 aromatic carbocycles. The van der Waals surface area contributed by atoms with Gasteiger partial charge in [0.15, 0.2) is 5.13 Å². The van der Waals surface area contributed by atoms with Gasteiger partial charge in [-0.15, -0.1) is 11.3 Å². The van der Waals surface area contributed by atoms with Gasteiger partial charge in [-0.1, -0.05) is 6.92 Å². The lowest BCUT2D eigenvalue weighted by Gasteiger charge is -2.01. The van der Waals surface area contributed by atoms with Crippen molar-refractivity contribution in [3.63, 3.8) is 0 Å². The number of aryl methyl sites for hydroxylation is 2. The summed E-state index contributed by atoms with van der Waals surface area (Å²) in [5, 5.41) is 11.4. The lowest BCUT2D eigenvalue weighted by molar-refractivity contribution is -0.143. The summed E-state index contributed by atoms with van der Waals surface area (Å²) in [6, 6.07) is 0. The summed E-state index contributed by atoms with van der Waals surface area (Å²) in [6.07, 6.45) is 0.813. The van der Waals surface area contributed by atoms with Crippen LogP contribution in [0.5, 0.6) is 0 Å². The second-order valence-corrected chi connectivity index (χ2v) is 4.51. The molecule has 94 valence electrons. The minimum absolute atomic E-state index is 0.285. The van der Waals surface area contributed by atoms with Crippen molar-refractivity contribution >= 4 is 28.3 Å². The summed E-state index contributed by atoms with van der Waals surface area (Å²) in [4.78, 5) is 26.8. The highest BCUT2D eigenvalue weighted by atomic mass is 32.1. The Hall–Kier alpha value is -1.47. The Kier molecular flexibility index (Phi) is 5.05. The van der Waals surface area contributed by atoms with Crippen molar-refractivity contribution in [2.24, 2.45) is 0 Å². The van der Waals surface area contributed by atoms with Crippen molar-refractivity contribution in [3.05, 3.63) is 10.6 Å². The number of carboxylic acids is 1. The molecule has 1 amide bonds. The number of anilines is 1. The van der Waals surface area contributed by atoms with Crippen molar-refractivity contribution in [2.75, 3.05) is 18.5 Å². The molecule has 1 aromatic rings. The van der Waals surface area contributed by atoms with Crippen molar-refractivity contribution in [2.45, 2.75) is 20.3 Å². The lowest BCUT2D eigenvalue weighted by Crippen LogP contribution is -2.20. The molecule has 7 heteroatoms. The zero-order valence-corrected chi connectivity index (χ0v) is 10.5. The first kappa shape index (κ1) is 13.6. The third-order valence-electron chi connectivity index (χ3n) is 1.93. The molecule has 1 aromatic heterocycles. The van der Waals surface area contributed by atoms with E-state index in [0.29, 0.717) is 5.13 Å². The average molecular weight is 258 g/mol. The first-order valence-electron chi connectivity index (χ1n) is 5.08. The number of aromatic nitrogens is 1. The SMILES string of the molecule is CCc1nc(NC(=O)COCC(=O)O)sc1C. The number of rotatable bonds is 6. The number of amides is 1. The normalized spacial score (nSPS) is 10.2. The van der Waals surface area contributed by atoms with Crippen molar-refractivity contribution in [1.29, 1.82) is 0 Å². The predicted molar refractivity (Wildman–Crippen MR) is 63.3 cm³/mol. The highest BCUT2D eigenvalue weighted by Crippen LogP contribution is 2.22. The van der Waals surface area contributed by atoms with Crippen LogP contribution >= 0.6 is 11.3 Å². The van der Waals surface area contributed by atoms with Crippen LogP contribution in [0.2, 0.25) is 0 Å². The maximum absolute atomic E-state index is 11.3. The van der Waals surface area contributed by atoms with Crippen LogP contribution in [0.4, 0.5) is 5.13 Å². The minimum Gasteiger partial charge on any atom is -0.480 e. The fourth-order valence-corrected chi connectivity index (χ4v) is 2.11. The van der Waals surface area contributed by atoms with Crippen LogP contribution in [-0.2, 0) is 20.7 Å². The van der Waals surface area contributed by atoms with Crippen LogP contribution in [0.15, 0.2) is 0 Å². The summed E-state index contributed by atoms with van der Waals surface area (Å²) in [7, 11) is 0. The standard InChI is InChI=1S/C10H14N2O4S/c1-3-7-6(2)17-10(11-7)12-8(13)4-16-5-9(14)15/h3-5H2,1-2H3,(H,14,15)(H,11,12,13). The summed E-state index contributed by atoms with van der Waals surface area (Å²) in [6.45, 7) is 3.16. The second kappa shape index (κ2) is 6.31. The fraction of sp³-hybridized carbons (Fsp3) is 0.500. The molecule has 0 bridgehead atoms. The molecule has 0 aliphatic carbocycles. The van der Waals surface area contributed by atoms with Gasteiger partial charge in [-0.05, 0) is 13.3 Å². The van der Waals surface area contributed by atoms with Crippen LogP contribution in [0, 0.1) is 6.92 Å². The van der Waals surface area contributed by atoms with Gasteiger partial charge in [0.05, 0.1) is 5.69 Å². The molecule has 0 saturated carbocycles. The molecule has 6 nitrogen and oxygen atoms in total. The topological polar surface area (TPSA) is 88.5 Å². The van der Waals surface area contributed by atoms with Crippen LogP contribution < -0.4 is 5.32 Å². The van der Waals surface area contributed by atoms with E-state index in [1.165, 1.54) is 11.3 Å². The van der Waals surface area contributed by atoms with Gasteiger partial charge in [0.1, 0.15) is 13.2 Å². The van der Waals surface area contributed by atoms with Gasteiger partial charge >= 0.3 is 5.97 Å². The quantitative estimate of drug-likeness (QED) is 0.796. The highest BCUT2D eigenvalue weighted by molar-refractivity contribution is 7.15. The van der Waals surface area contributed by atoms with Gasteiger partial charge in [-0.2, -0.15) is 0 Å². The number of thiazole rings is 1. The molecule has 0 spiro atoms. The molecule has 0 aliphatic rings. The zero-order chi connectivity index (χ0) is 12.8. The zero-order valence-electron chi connectivity index (χ0n) is 9.65. The summed E-state index contributed by atoms with van der Waals surface area (Å²) < 4.78 is 4.66. The van der Waals surface area contributed by atoms with E-state index in [4.69, 9.17) is 5.11 Å². The van der Waals surface area contributed by atoms with Gasteiger partial charge in [-0.3, -0.25) is 10.1 Å². The molecule has 2 N–H and O–H groups in total. The fourth-order valence-electron chi connectivity index (χ4n) is 1.20. The van der Waals surface area contributed by atoms with Gasteiger partial charge in [0.25, 0.3) is 5.91 Å². The first-order valence-corrected chi connectivity index (χ1v) is 5.90. The van der Waals surface area contributed by atoms with E-state index in [1.54, 1.807) is 0 Å². The minimum atomic E-state index is -1.10. The van der Waals surface area contributed by atoms with Crippen molar-refractivity contribution in [1.82, 2.24) is 4.98 Å². The Morgan fingerprint density at radius 1 is 1.47 bits per heavy atom. The van der Waals surface area contributed by atoms with E-state index in [9.17, 15) is 9.59 Å². The van der Waals surface area contributed by atoms with Crippen LogP contribution in [-0.4, -0.2) is 35.2 Å². The van der Waals surface area contributed by atoms with Gasteiger partial charge < -0.3 is 9.84 Å². The smallest absolute Gasteiger partial charge is 0.329 e. The number of nitrogens with one attached hydrogen (secondary N) is 1. The third-order valence-corrected chi connectivity index (χ3v) is 2.86. The summed E-state index contributed by atoms with van der Waals surface area (Å²) >= 11 is 1.39. The number of hydrogen-bond acceptors (Lipinski definition) is 5. The number of aliphatic carboxylic acids is 1. The molecule has 0 radical (unpaired) electrons. The molecule has 1 rings (SSSR count). The number of carboxylic acid groups (broad SMARTS) is 1. The van der Waals surface area contributed by atoms with E-state index < -0.39 is 18.5 Å². The highest BCUT2D eigenvalue weighted by Gasteiger charge is 2.09. The first-order chi connectivity index (χ1) is 8.02. The second-order valence-electron chi connectivity index (χ2n) is 3.31. The molecule has 0 unspecified atom stereocenters. The molecular formula is C10H14N2O4S. The Bertz CT molecular complexity index is 416. The van der Waals surface area contributed by atoms with E-state index >= 15 is 0 Å². The predicted octanol–water partition coefficient (Wildman–Crippen LogP) is 1.05. The molecule has 0 saturated heterocycles. The Balaban J connectivity index is 2.42. The molecule has 0 aliphatic heterocycles. The van der Waals surface area contributed by atoms with E-state index in [2.05, 4.69) is 15.0 Å². The Morgan fingerprint density at radius 2 is 2.18 bits per heavy atom. The molecule has 0 fully saturated rings. The van der Waals surface area contributed by atoms with Crippen LogP contribution in [0.3, 0.4) is 0 Å². The summed E-state index contributed by atoms with van der Waals surface area (Å²) in [5.41, 5.74) is 0.955. The maximum atomic E-state index is 11.3. The lowest BCUT2D eigenvalue weighted by atomic mass is 10.3. The Morgan fingerprint density at radius 3 is 2.71 bits per heavy atom.